The van der Waals surface area contributed by atoms with E-state index in [-0.39, 0.29) is 0 Å². The molecule has 0 atom stereocenters. The van der Waals surface area contributed by atoms with Crippen molar-refractivity contribution >= 4 is 9.84 Å². The van der Waals surface area contributed by atoms with Crippen molar-refractivity contribution in [2.45, 2.75) is 37.8 Å². The van der Waals surface area contributed by atoms with Crippen molar-refractivity contribution in [1.82, 2.24) is 4.90 Å². The Kier molecular flexibility index (Phi) is 3.33. The first kappa shape index (κ1) is 11.4. The van der Waals surface area contributed by atoms with Gasteiger partial charge in [-0.1, -0.05) is 0 Å². The van der Waals surface area contributed by atoms with Gasteiger partial charge in [0.25, 0.3) is 0 Å². The molecule has 5 heteroatoms. The normalized spacial score (nSPS) is 37.7. The number of rotatable bonds is 1. The SMILES string of the molecule is NC1CCC(N2CCS(=O)(=O)CC2)CC1. The molecule has 2 rings (SSSR count). The van der Waals surface area contributed by atoms with Crippen LogP contribution in [0.25, 0.3) is 0 Å². The predicted octanol–water partition coefficient (Wildman–Crippen LogP) is -0.0133. The van der Waals surface area contributed by atoms with Gasteiger partial charge in [-0.2, -0.15) is 0 Å². The topological polar surface area (TPSA) is 63.4 Å². The van der Waals surface area contributed by atoms with Gasteiger partial charge < -0.3 is 5.73 Å². The molecular weight excluding hydrogens is 212 g/mol. The second-order valence-corrected chi connectivity index (χ2v) is 7.06. The second-order valence-electron chi connectivity index (χ2n) is 4.76. The van der Waals surface area contributed by atoms with E-state index in [2.05, 4.69) is 4.90 Å². The fourth-order valence-corrected chi connectivity index (χ4v) is 3.79. The van der Waals surface area contributed by atoms with Crippen LogP contribution in [0.2, 0.25) is 0 Å². The molecule has 0 aromatic carbocycles. The molecule has 88 valence electrons. The maximum Gasteiger partial charge on any atom is 0.152 e. The Morgan fingerprint density at radius 1 is 1.00 bits per heavy atom. The quantitative estimate of drug-likeness (QED) is 0.690. The minimum Gasteiger partial charge on any atom is -0.328 e. The summed E-state index contributed by atoms with van der Waals surface area (Å²) in [5.41, 5.74) is 5.86. The Morgan fingerprint density at radius 3 is 2.07 bits per heavy atom. The summed E-state index contributed by atoms with van der Waals surface area (Å²) >= 11 is 0. The van der Waals surface area contributed by atoms with E-state index in [1.165, 1.54) is 0 Å². The lowest BCUT2D eigenvalue weighted by molar-refractivity contribution is 0.161. The first-order chi connectivity index (χ1) is 7.07. The molecule has 0 radical (unpaired) electrons. The summed E-state index contributed by atoms with van der Waals surface area (Å²) in [7, 11) is -2.73. The molecular formula is C10H20N2O2S. The average molecular weight is 232 g/mol. The minimum atomic E-state index is -2.73. The Hall–Kier alpha value is -0.130. The summed E-state index contributed by atoms with van der Waals surface area (Å²) in [6.07, 6.45) is 4.46. The Morgan fingerprint density at radius 2 is 1.53 bits per heavy atom. The van der Waals surface area contributed by atoms with Gasteiger partial charge in [0.2, 0.25) is 0 Å². The molecule has 1 saturated heterocycles. The van der Waals surface area contributed by atoms with Crippen LogP contribution in [0.3, 0.4) is 0 Å². The smallest absolute Gasteiger partial charge is 0.152 e. The van der Waals surface area contributed by atoms with E-state index < -0.39 is 9.84 Å². The zero-order chi connectivity index (χ0) is 10.9. The fourth-order valence-electron chi connectivity index (χ4n) is 2.56. The van der Waals surface area contributed by atoms with Crippen LogP contribution in [0, 0.1) is 0 Å². The molecule has 2 aliphatic rings. The third-order valence-electron chi connectivity index (χ3n) is 3.64. The lowest BCUT2D eigenvalue weighted by Crippen LogP contribution is -2.48. The van der Waals surface area contributed by atoms with Gasteiger partial charge in [-0.25, -0.2) is 8.42 Å². The summed E-state index contributed by atoms with van der Waals surface area (Å²) in [4.78, 5) is 2.34. The van der Waals surface area contributed by atoms with Crippen LogP contribution in [0.4, 0.5) is 0 Å². The molecule has 15 heavy (non-hydrogen) atoms. The third-order valence-corrected chi connectivity index (χ3v) is 5.25. The molecule has 1 saturated carbocycles. The molecule has 2 fully saturated rings. The van der Waals surface area contributed by atoms with Gasteiger partial charge in [0.1, 0.15) is 0 Å². The number of sulfone groups is 1. The molecule has 0 aromatic rings. The van der Waals surface area contributed by atoms with Gasteiger partial charge in [-0.3, -0.25) is 4.90 Å². The summed E-state index contributed by atoms with van der Waals surface area (Å²) in [6, 6.07) is 0.954. The zero-order valence-corrected chi connectivity index (χ0v) is 9.88. The summed E-state index contributed by atoms with van der Waals surface area (Å²) < 4.78 is 22.6. The largest absolute Gasteiger partial charge is 0.328 e. The first-order valence-corrected chi connectivity index (χ1v) is 7.59. The molecule has 1 aliphatic carbocycles. The van der Waals surface area contributed by atoms with Crippen LogP contribution >= 0.6 is 0 Å². The van der Waals surface area contributed by atoms with E-state index in [9.17, 15) is 8.42 Å². The van der Waals surface area contributed by atoms with Gasteiger partial charge in [-0.05, 0) is 25.7 Å². The molecule has 0 unspecified atom stereocenters. The first-order valence-electron chi connectivity index (χ1n) is 5.77. The lowest BCUT2D eigenvalue weighted by Gasteiger charge is -2.37. The van der Waals surface area contributed by atoms with Gasteiger partial charge in [0, 0.05) is 25.2 Å². The van der Waals surface area contributed by atoms with E-state index in [1.54, 1.807) is 0 Å². The maximum absolute atomic E-state index is 11.3. The Balaban J connectivity index is 1.86. The molecule has 0 aromatic heterocycles. The molecule has 1 heterocycles. The van der Waals surface area contributed by atoms with Gasteiger partial charge >= 0.3 is 0 Å². The van der Waals surface area contributed by atoms with Crippen LogP contribution in [0.5, 0.6) is 0 Å². The molecule has 2 N–H and O–H groups in total. The highest BCUT2D eigenvalue weighted by atomic mass is 32.2. The highest BCUT2D eigenvalue weighted by Crippen LogP contribution is 2.23. The van der Waals surface area contributed by atoms with E-state index in [4.69, 9.17) is 5.73 Å². The standard InChI is InChI=1S/C10H20N2O2S/c11-9-1-3-10(4-2-9)12-5-7-15(13,14)8-6-12/h9-10H,1-8,11H2. The van der Waals surface area contributed by atoms with Crippen molar-refractivity contribution in [2.75, 3.05) is 24.6 Å². The van der Waals surface area contributed by atoms with E-state index in [0.717, 1.165) is 38.8 Å². The van der Waals surface area contributed by atoms with Crippen molar-refractivity contribution < 1.29 is 8.42 Å². The van der Waals surface area contributed by atoms with Crippen LogP contribution in [-0.4, -0.2) is 50.0 Å². The van der Waals surface area contributed by atoms with Crippen molar-refractivity contribution in [2.24, 2.45) is 5.73 Å². The number of nitrogens with two attached hydrogens (primary N) is 1. The van der Waals surface area contributed by atoms with Crippen molar-refractivity contribution in [3.05, 3.63) is 0 Å². The van der Waals surface area contributed by atoms with Gasteiger partial charge in [-0.15, -0.1) is 0 Å². The lowest BCUT2D eigenvalue weighted by atomic mass is 9.91. The molecule has 1 aliphatic heterocycles. The van der Waals surface area contributed by atoms with Crippen molar-refractivity contribution in [1.29, 1.82) is 0 Å². The van der Waals surface area contributed by atoms with Crippen LogP contribution in [-0.2, 0) is 9.84 Å². The van der Waals surface area contributed by atoms with Crippen molar-refractivity contribution in [3.63, 3.8) is 0 Å². The molecule has 0 amide bonds. The van der Waals surface area contributed by atoms with E-state index >= 15 is 0 Å². The summed E-state index contributed by atoms with van der Waals surface area (Å²) in [5, 5.41) is 0. The Labute approximate surface area is 91.7 Å². The van der Waals surface area contributed by atoms with Crippen LogP contribution in [0.15, 0.2) is 0 Å². The molecule has 0 spiro atoms. The molecule has 0 bridgehead atoms. The van der Waals surface area contributed by atoms with Gasteiger partial charge in [0.15, 0.2) is 9.84 Å². The number of hydrogen-bond donors (Lipinski definition) is 1. The predicted molar refractivity (Wildman–Crippen MR) is 60.5 cm³/mol. The zero-order valence-electron chi connectivity index (χ0n) is 9.06. The van der Waals surface area contributed by atoms with E-state index in [1.807, 2.05) is 0 Å². The molecule has 4 nitrogen and oxygen atoms in total. The number of nitrogens with zero attached hydrogens (tertiary/aromatic N) is 1. The highest BCUT2D eigenvalue weighted by Gasteiger charge is 2.29. The maximum atomic E-state index is 11.3. The third kappa shape index (κ3) is 2.92. The van der Waals surface area contributed by atoms with E-state index in [0.29, 0.717) is 23.6 Å². The van der Waals surface area contributed by atoms with Crippen LogP contribution < -0.4 is 5.73 Å². The highest BCUT2D eigenvalue weighted by molar-refractivity contribution is 7.91. The second kappa shape index (κ2) is 4.39. The summed E-state index contributed by atoms with van der Waals surface area (Å²) in [6.45, 7) is 1.45. The minimum absolute atomic E-state index is 0.343. The summed E-state index contributed by atoms with van der Waals surface area (Å²) in [5.74, 6) is 0.686. The monoisotopic (exact) mass is 232 g/mol. The average Bonchev–Trinajstić information content (AvgIpc) is 2.20. The Bertz CT molecular complexity index is 293. The van der Waals surface area contributed by atoms with Crippen LogP contribution in [0.1, 0.15) is 25.7 Å². The van der Waals surface area contributed by atoms with Crippen molar-refractivity contribution in [3.8, 4) is 0 Å². The number of hydrogen-bond acceptors (Lipinski definition) is 4. The fraction of sp³-hybridized carbons (Fsp3) is 1.00. The van der Waals surface area contributed by atoms with Gasteiger partial charge in [0.05, 0.1) is 11.5 Å².